The lowest BCUT2D eigenvalue weighted by Gasteiger charge is -1.84. The van der Waals surface area contributed by atoms with E-state index in [1.165, 1.54) is 0 Å². The van der Waals surface area contributed by atoms with Gasteiger partial charge in [-0.15, -0.1) is 0 Å². The molecule has 1 heterocycles. The van der Waals surface area contributed by atoms with Crippen LogP contribution in [-0.4, -0.2) is 0 Å². The van der Waals surface area contributed by atoms with Crippen molar-refractivity contribution in [3.05, 3.63) is 60.1 Å². The van der Waals surface area contributed by atoms with Crippen LogP contribution in [0.25, 0.3) is 0 Å². The Bertz CT molecular complexity index is 415. The molecule has 0 bridgehead atoms. The molecule has 13 heavy (non-hydrogen) atoms. The zero-order valence-corrected chi connectivity index (χ0v) is 7.03. The van der Waals surface area contributed by atoms with E-state index >= 15 is 0 Å². The van der Waals surface area contributed by atoms with Crippen molar-refractivity contribution in [2.75, 3.05) is 0 Å². The van der Waals surface area contributed by atoms with Gasteiger partial charge in [0.2, 0.25) is 0 Å². The minimum absolute atomic E-state index is 0.906. The van der Waals surface area contributed by atoms with Gasteiger partial charge in [-0.1, -0.05) is 30.0 Å². The van der Waals surface area contributed by atoms with Gasteiger partial charge in [0.1, 0.15) is 6.26 Å². The molecule has 0 fully saturated rings. The van der Waals surface area contributed by atoms with Crippen LogP contribution in [0.3, 0.4) is 0 Å². The van der Waals surface area contributed by atoms with E-state index < -0.39 is 0 Å². The Morgan fingerprint density at radius 2 is 1.62 bits per heavy atom. The van der Waals surface area contributed by atoms with E-state index in [-0.39, 0.29) is 0 Å². The molecule has 0 aliphatic rings. The summed E-state index contributed by atoms with van der Waals surface area (Å²) in [6, 6.07) is 11.7. The Morgan fingerprint density at radius 3 is 2.31 bits per heavy atom. The molecule has 0 unspecified atom stereocenters. The Kier molecular flexibility index (Phi) is 2.16. The third-order valence-corrected chi connectivity index (χ3v) is 1.65. The molecule has 2 rings (SSSR count). The molecule has 2 aromatic rings. The first-order valence-electron chi connectivity index (χ1n) is 4.04. The molecule has 0 atom stereocenters. The third-order valence-electron chi connectivity index (χ3n) is 1.65. The van der Waals surface area contributed by atoms with Crippen molar-refractivity contribution >= 4 is 0 Å². The van der Waals surface area contributed by atoms with E-state index in [9.17, 15) is 0 Å². The molecule has 0 radical (unpaired) electrons. The molecule has 1 nitrogen and oxygen atoms in total. The number of hydrogen-bond acceptors (Lipinski definition) is 1. The molecular formula is C12H8O. The number of hydrogen-bond donors (Lipinski definition) is 0. The SMILES string of the molecule is C(#Cc1ccoc1)c1ccccc1. The maximum atomic E-state index is 4.90. The number of rotatable bonds is 0. The van der Waals surface area contributed by atoms with E-state index in [4.69, 9.17) is 4.42 Å². The zero-order chi connectivity index (χ0) is 8.93. The number of furan rings is 1. The lowest BCUT2D eigenvalue weighted by atomic mass is 10.2. The fraction of sp³-hybridized carbons (Fsp3) is 0. The topological polar surface area (TPSA) is 13.1 Å². The molecule has 1 heteroatoms. The highest BCUT2D eigenvalue weighted by Crippen LogP contribution is 1.99. The molecule has 1 aromatic carbocycles. The van der Waals surface area contributed by atoms with Gasteiger partial charge in [0, 0.05) is 5.56 Å². The van der Waals surface area contributed by atoms with Crippen LogP contribution in [0.1, 0.15) is 11.1 Å². The first-order valence-corrected chi connectivity index (χ1v) is 4.04. The Hall–Kier alpha value is -1.94. The molecule has 0 amide bonds. The lowest BCUT2D eigenvalue weighted by Crippen LogP contribution is -1.70. The lowest BCUT2D eigenvalue weighted by molar-refractivity contribution is 0.566. The van der Waals surface area contributed by atoms with Crippen molar-refractivity contribution in [1.29, 1.82) is 0 Å². The molecule has 62 valence electrons. The van der Waals surface area contributed by atoms with Crippen LogP contribution >= 0.6 is 0 Å². The predicted molar refractivity (Wildman–Crippen MR) is 51.1 cm³/mol. The minimum Gasteiger partial charge on any atom is -0.471 e. The normalized spacial score (nSPS) is 8.92. The fourth-order valence-corrected chi connectivity index (χ4v) is 1.00. The summed E-state index contributed by atoms with van der Waals surface area (Å²) in [5.74, 6) is 6.03. The molecule has 1 aromatic heterocycles. The van der Waals surface area contributed by atoms with E-state index in [0.29, 0.717) is 0 Å². The first kappa shape index (κ1) is 7.70. The van der Waals surface area contributed by atoms with E-state index in [1.807, 2.05) is 36.4 Å². The highest BCUT2D eigenvalue weighted by molar-refractivity contribution is 5.40. The zero-order valence-electron chi connectivity index (χ0n) is 7.03. The smallest absolute Gasteiger partial charge is 0.106 e. The van der Waals surface area contributed by atoms with Crippen LogP contribution in [0.5, 0.6) is 0 Å². The van der Waals surface area contributed by atoms with Gasteiger partial charge in [-0.3, -0.25) is 0 Å². The molecule has 0 aliphatic heterocycles. The monoisotopic (exact) mass is 168 g/mol. The van der Waals surface area contributed by atoms with Gasteiger partial charge in [-0.05, 0) is 18.2 Å². The van der Waals surface area contributed by atoms with Gasteiger partial charge in [-0.25, -0.2) is 0 Å². The van der Waals surface area contributed by atoms with Crippen LogP contribution in [0.15, 0.2) is 53.3 Å². The van der Waals surface area contributed by atoms with Crippen LogP contribution < -0.4 is 0 Å². The summed E-state index contributed by atoms with van der Waals surface area (Å²) in [6.45, 7) is 0. The van der Waals surface area contributed by atoms with Gasteiger partial charge >= 0.3 is 0 Å². The van der Waals surface area contributed by atoms with Gasteiger partial charge in [0.15, 0.2) is 0 Å². The van der Waals surface area contributed by atoms with Crippen LogP contribution in [0.4, 0.5) is 0 Å². The average molecular weight is 168 g/mol. The summed E-state index contributed by atoms with van der Waals surface area (Å²) >= 11 is 0. The van der Waals surface area contributed by atoms with E-state index in [1.54, 1.807) is 12.5 Å². The minimum atomic E-state index is 0.906. The van der Waals surface area contributed by atoms with Crippen molar-refractivity contribution in [2.24, 2.45) is 0 Å². The summed E-state index contributed by atoms with van der Waals surface area (Å²) in [5, 5.41) is 0. The number of benzene rings is 1. The van der Waals surface area contributed by atoms with Crippen LogP contribution in [-0.2, 0) is 0 Å². The molecule has 0 saturated heterocycles. The standard InChI is InChI=1S/C12H8O/c1-2-4-11(5-3-1)6-7-12-8-9-13-10-12/h1-5,8-10H. The second kappa shape index (κ2) is 3.64. The van der Waals surface area contributed by atoms with Gasteiger partial charge in [0.25, 0.3) is 0 Å². The average Bonchev–Trinajstić information content (AvgIpc) is 2.69. The summed E-state index contributed by atoms with van der Waals surface area (Å²) in [7, 11) is 0. The fourth-order valence-electron chi connectivity index (χ4n) is 1.00. The summed E-state index contributed by atoms with van der Waals surface area (Å²) in [6.07, 6.45) is 3.25. The molecule has 0 saturated carbocycles. The van der Waals surface area contributed by atoms with E-state index in [2.05, 4.69) is 11.8 Å². The maximum absolute atomic E-state index is 4.90. The second-order valence-corrected chi connectivity index (χ2v) is 2.63. The van der Waals surface area contributed by atoms with Crippen LogP contribution in [0.2, 0.25) is 0 Å². The van der Waals surface area contributed by atoms with Crippen molar-refractivity contribution in [3.8, 4) is 11.8 Å². The quantitative estimate of drug-likeness (QED) is 0.551. The van der Waals surface area contributed by atoms with Crippen molar-refractivity contribution in [3.63, 3.8) is 0 Å². The summed E-state index contributed by atoms with van der Waals surface area (Å²) in [5.41, 5.74) is 1.92. The van der Waals surface area contributed by atoms with Crippen molar-refractivity contribution in [1.82, 2.24) is 0 Å². The van der Waals surface area contributed by atoms with Gasteiger partial charge in [-0.2, -0.15) is 0 Å². The maximum Gasteiger partial charge on any atom is 0.106 e. The molecule has 0 aliphatic carbocycles. The molecule has 0 spiro atoms. The summed E-state index contributed by atoms with van der Waals surface area (Å²) < 4.78 is 4.90. The summed E-state index contributed by atoms with van der Waals surface area (Å²) in [4.78, 5) is 0. The molecular weight excluding hydrogens is 160 g/mol. The van der Waals surface area contributed by atoms with Gasteiger partial charge < -0.3 is 4.42 Å². The Labute approximate surface area is 77.0 Å². The Balaban J connectivity index is 2.23. The predicted octanol–water partition coefficient (Wildman–Crippen LogP) is 2.68. The third kappa shape index (κ3) is 2.00. The van der Waals surface area contributed by atoms with Crippen molar-refractivity contribution < 1.29 is 4.42 Å². The van der Waals surface area contributed by atoms with Crippen LogP contribution in [0, 0.1) is 11.8 Å². The Morgan fingerprint density at radius 1 is 0.846 bits per heavy atom. The van der Waals surface area contributed by atoms with Gasteiger partial charge in [0.05, 0.1) is 11.8 Å². The van der Waals surface area contributed by atoms with E-state index in [0.717, 1.165) is 11.1 Å². The second-order valence-electron chi connectivity index (χ2n) is 2.63. The largest absolute Gasteiger partial charge is 0.471 e. The highest BCUT2D eigenvalue weighted by Gasteiger charge is 1.85. The highest BCUT2D eigenvalue weighted by atomic mass is 16.3. The first-order chi connectivity index (χ1) is 6.45. The van der Waals surface area contributed by atoms with Crippen molar-refractivity contribution in [2.45, 2.75) is 0 Å². The molecule has 0 N–H and O–H groups in total.